The summed E-state index contributed by atoms with van der Waals surface area (Å²) in [5.74, 6) is 0.318. The minimum atomic E-state index is -0.316. The SMILES string of the molecule is O=C(NCCOc1ccccc1Cl)NCCc1ccccc1F. The second-order valence-corrected chi connectivity index (χ2v) is 5.21. The lowest BCUT2D eigenvalue weighted by molar-refractivity contribution is 0.236. The van der Waals surface area contributed by atoms with Crippen LogP contribution >= 0.6 is 11.6 Å². The van der Waals surface area contributed by atoms with Crippen LogP contribution in [0.3, 0.4) is 0 Å². The highest BCUT2D eigenvalue weighted by molar-refractivity contribution is 6.32. The molecule has 0 saturated heterocycles. The summed E-state index contributed by atoms with van der Waals surface area (Å²) in [5, 5.41) is 5.86. The maximum Gasteiger partial charge on any atom is 0.314 e. The van der Waals surface area contributed by atoms with Gasteiger partial charge in [-0.2, -0.15) is 0 Å². The Morgan fingerprint density at radius 3 is 2.52 bits per heavy atom. The molecule has 0 aromatic heterocycles. The normalized spacial score (nSPS) is 10.2. The van der Waals surface area contributed by atoms with Crippen molar-refractivity contribution >= 4 is 17.6 Å². The number of nitrogens with one attached hydrogen (secondary N) is 2. The average molecular weight is 337 g/mol. The summed E-state index contributed by atoms with van der Waals surface area (Å²) in [6, 6.07) is 13.3. The molecule has 0 heterocycles. The van der Waals surface area contributed by atoms with E-state index in [2.05, 4.69) is 10.6 Å². The summed E-state index contributed by atoms with van der Waals surface area (Å²) in [7, 11) is 0. The first kappa shape index (κ1) is 17.1. The lowest BCUT2D eigenvalue weighted by Gasteiger charge is -2.10. The molecule has 0 unspecified atom stereocenters. The van der Waals surface area contributed by atoms with E-state index in [0.717, 1.165) is 0 Å². The van der Waals surface area contributed by atoms with Gasteiger partial charge in [-0.3, -0.25) is 0 Å². The van der Waals surface area contributed by atoms with Gasteiger partial charge < -0.3 is 15.4 Å². The molecule has 2 aromatic carbocycles. The lowest BCUT2D eigenvalue weighted by Crippen LogP contribution is -2.38. The molecule has 2 rings (SSSR count). The molecular weight excluding hydrogens is 319 g/mol. The molecule has 0 radical (unpaired) electrons. The largest absolute Gasteiger partial charge is 0.490 e. The molecule has 0 aliphatic carbocycles. The Labute approximate surface area is 139 Å². The molecule has 0 bridgehead atoms. The Balaban J connectivity index is 1.60. The Kier molecular flexibility index (Phi) is 6.69. The Bertz CT molecular complexity index is 652. The number of ether oxygens (including phenoxy) is 1. The van der Waals surface area contributed by atoms with E-state index in [1.54, 1.807) is 30.3 Å². The summed E-state index contributed by atoms with van der Waals surface area (Å²) < 4.78 is 18.9. The van der Waals surface area contributed by atoms with Gasteiger partial charge in [-0.1, -0.05) is 41.9 Å². The van der Waals surface area contributed by atoms with Crippen LogP contribution in [0.5, 0.6) is 5.75 Å². The number of urea groups is 1. The van der Waals surface area contributed by atoms with Crippen molar-refractivity contribution in [2.45, 2.75) is 6.42 Å². The van der Waals surface area contributed by atoms with E-state index in [9.17, 15) is 9.18 Å². The van der Waals surface area contributed by atoms with E-state index in [1.165, 1.54) is 6.07 Å². The zero-order valence-electron chi connectivity index (χ0n) is 12.5. The summed E-state index contributed by atoms with van der Waals surface area (Å²) in [6.45, 7) is 1.01. The first-order chi connectivity index (χ1) is 11.2. The third-order valence-electron chi connectivity index (χ3n) is 3.12. The molecule has 0 fully saturated rings. The number of amides is 2. The monoisotopic (exact) mass is 336 g/mol. The molecule has 0 spiro atoms. The van der Waals surface area contributed by atoms with Gasteiger partial charge in [0, 0.05) is 6.54 Å². The molecule has 2 aromatic rings. The molecule has 0 atom stereocenters. The Morgan fingerprint density at radius 1 is 1.04 bits per heavy atom. The number of rotatable bonds is 7. The maximum atomic E-state index is 13.4. The fraction of sp³-hybridized carbons (Fsp3) is 0.235. The van der Waals surface area contributed by atoms with Crippen LogP contribution in [0.1, 0.15) is 5.56 Å². The van der Waals surface area contributed by atoms with Gasteiger partial charge in [-0.15, -0.1) is 0 Å². The van der Waals surface area contributed by atoms with Crippen LogP contribution in [0.15, 0.2) is 48.5 Å². The number of para-hydroxylation sites is 1. The van der Waals surface area contributed by atoms with Crippen LogP contribution in [0, 0.1) is 5.82 Å². The third-order valence-corrected chi connectivity index (χ3v) is 3.43. The van der Waals surface area contributed by atoms with Gasteiger partial charge in [0.25, 0.3) is 0 Å². The second-order valence-electron chi connectivity index (χ2n) is 4.80. The summed E-state index contributed by atoms with van der Waals surface area (Å²) in [5.41, 5.74) is 0.579. The predicted octanol–water partition coefficient (Wildman–Crippen LogP) is 3.40. The molecule has 2 amide bonds. The van der Waals surface area contributed by atoms with Gasteiger partial charge >= 0.3 is 6.03 Å². The average Bonchev–Trinajstić information content (AvgIpc) is 2.55. The second kappa shape index (κ2) is 9.00. The minimum Gasteiger partial charge on any atom is -0.490 e. The summed E-state index contributed by atoms with van der Waals surface area (Å²) in [4.78, 5) is 11.6. The van der Waals surface area contributed by atoms with Crippen molar-refractivity contribution in [2.75, 3.05) is 19.7 Å². The van der Waals surface area contributed by atoms with E-state index in [4.69, 9.17) is 16.3 Å². The number of halogens is 2. The van der Waals surface area contributed by atoms with Crippen LogP contribution < -0.4 is 15.4 Å². The van der Waals surface area contributed by atoms with Gasteiger partial charge in [0.15, 0.2) is 0 Å². The van der Waals surface area contributed by atoms with Crippen LogP contribution in [-0.2, 0) is 6.42 Å². The zero-order chi connectivity index (χ0) is 16.5. The number of hydrogen-bond acceptors (Lipinski definition) is 2. The standard InChI is InChI=1S/C17H18ClFN2O2/c18-14-6-2-4-8-16(14)23-12-11-21-17(22)20-10-9-13-5-1-3-7-15(13)19/h1-8H,9-12H2,(H2,20,21,22). The lowest BCUT2D eigenvalue weighted by atomic mass is 10.1. The number of carbonyl (C=O) groups is 1. The van der Waals surface area contributed by atoms with Gasteiger partial charge in [-0.25, -0.2) is 9.18 Å². The quantitative estimate of drug-likeness (QED) is 0.761. The molecule has 0 saturated carbocycles. The van der Waals surface area contributed by atoms with Gasteiger partial charge in [-0.05, 0) is 30.2 Å². The molecule has 4 nitrogen and oxygen atoms in total. The number of benzene rings is 2. The number of carbonyl (C=O) groups excluding carboxylic acids is 1. The van der Waals surface area contributed by atoms with Gasteiger partial charge in [0.1, 0.15) is 18.2 Å². The summed E-state index contributed by atoms with van der Waals surface area (Å²) >= 11 is 5.95. The zero-order valence-corrected chi connectivity index (χ0v) is 13.3. The van der Waals surface area contributed by atoms with Crippen LogP contribution in [0.2, 0.25) is 5.02 Å². The van der Waals surface area contributed by atoms with Crippen molar-refractivity contribution in [3.63, 3.8) is 0 Å². The van der Waals surface area contributed by atoms with Gasteiger partial charge in [0.2, 0.25) is 0 Å². The fourth-order valence-electron chi connectivity index (χ4n) is 1.96. The molecule has 2 N–H and O–H groups in total. The smallest absolute Gasteiger partial charge is 0.314 e. The Hall–Kier alpha value is -2.27. The van der Waals surface area contributed by atoms with E-state index in [-0.39, 0.29) is 11.8 Å². The molecule has 0 aliphatic rings. The first-order valence-electron chi connectivity index (χ1n) is 7.29. The number of hydrogen-bond donors (Lipinski definition) is 2. The van der Waals surface area contributed by atoms with Crippen LogP contribution in [0.25, 0.3) is 0 Å². The van der Waals surface area contributed by atoms with E-state index >= 15 is 0 Å². The summed E-state index contributed by atoms with van der Waals surface area (Å²) in [6.07, 6.45) is 0.441. The van der Waals surface area contributed by atoms with Crippen molar-refractivity contribution in [3.8, 4) is 5.75 Å². The molecule has 0 aliphatic heterocycles. The topological polar surface area (TPSA) is 50.4 Å². The van der Waals surface area contributed by atoms with Crippen LogP contribution in [-0.4, -0.2) is 25.7 Å². The van der Waals surface area contributed by atoms with Crippen molar-refractivity contribution < 1.29 is 13.9 Å². The van der Waals surface area contributed by atoms with E-state index in [1.807, 2.05) is 12.1 Å². The van der Waals surface area contributed by atoms with Crippen molar-refractivity contribution in [1.29, 1.82) is 0 Å². The highest BCUT2D eigenvalue weighted by atomic mass is 35.5. The molecule has 23 heavy (non-hydrogen) atoms. The fourth-order valence-corrected chi connectivity index (χ4v) is 2.15. The van der Waals surface area contributed by atoms with Crippen molar-refractivity contribution in [2.24, 2.45) is 0 Å². The first-order valence-corrected chi connectivity index (χ1v) is 7.67. The molecule has 122 valence electrons. The minimum absolute atomic E-state index is 0.261. The van der Waals surface area contributed by atoms with Gasteiger partial charge in [0.05, 0.1) is 11.6 Å². The Morgan fingerprint density at radius 2 is 1.74 bits per heavy atom. The van der Waals surface area contributed by atoms with Crippen molar-refractivity contribution in [3.05, 3.63) is 64.9 Å². The predicted molar refractivity (Wildman–Crippen MR) is 88.5 cm³/mol. The maximum absolute atomic E-state index is 13.4. The van der Waals surface area contributed by atoms with Crippen LogP contribution in [0.4, 0.5) is 9.18 Å². The van der Waals surface area contributed by atoms with E-state index < -0.39 is 0 Å². The third kappa shape index (κ3) is 5.79. The molecular formula is C17H18ClFN2O2. The molecule has 6 heteroatoms. The highest BCUT2D eigenvalue weighted by Crippen LogP contribution is 2.22. The van der Waals surface area contributed by atoms with Crippen molar-refractivity contribution in [1.82, 2.24) is 10.6 Å². The van der Waals surface area contributed by atoms with E-state index in [0.29, 0.717) is 42.5 Å². The highest BCUT2D eigenvalue weighted by Gasteiger charge is 2.03.